The smallest absolute Gasteiger partial charge is 0.227 e. The third-order valence-electron chi connectivity index (χ3n) is 3.91. The SMILES string of the molecule is CN1CCCN(C(=O)Cc2ccc3nc[nH]c3c2)CC1. The first-order chi connectivity index (χ1) is 9.72. The van der Waals surface area contributed by atoms with Crippen LogP contribution in [0.1, 0.15) is 12.0 Å². The van der Waals surface area contributed by atoms with Gasteiger partial charge in [-0.3, -0.25) is 4.79 Å². The van der Waals surface area contributed by atoms with Crippen molar-refractivity contribution in [2.24, 2.45) is 0 Å². The van der Waals surface area contributed by atoms with E-state index in [1.54, 1.807) is 6.33 Å². The van der Waals surface area contributed by atoms with Gasteiger partial charge in [-0.25, -0.2) is 4.98 Å². The van der Waals surface area contributed by atoms with E-state index in [2.05, 4.69) is 21.9 Å². The molecule has 0 aliphatic carbocycles. The molecule has 0 saturated carbocycles. The summed E-state index contributed by atoms with van der Waals surface area (Å²) in [4.78, 5) is 23.9. The Morgan fingerprint density at radius 3 is 3.10 bits per heavy atom. The zero-order valence-electron chi connectivity index (χ0n) is 11.8. The number of carbonyl (C=O) groups excluding carboxylic acids is 1. The van der Waals surface area contributed by atoms with Gasteiger partial charge in [0.05, 0.1) is 23.8 Å². The number of aromatic nitrogens is 2. The summed E-state index contributed by atoms with van der Waals surface area (Å²) in [5.74, 6) is 0.221. The maximum atomic E-state index is 12.4. The summed E-state index contributed by atoms with van der Waals surface area (Å²) in [6.45, 7) is 3.74. The monoisotopic (exact) mass is 272 g/mol. The van der Waals surface area contributed by atoms with Crippen LogP contribution in [0.25, 0.3) is 11.0 Å². The van der Waals surface area contributed by atoms with Gasteiger partial charge in [-0.1, -0.05) is 6.07 Å². The van der Waals surface area contributed by atoms with E-state index in [1.165, 1.54) is 0 Å². The molecule has 0 unspecified atom stereocenters. The Morgan fingerprint density at radius 1 is 1.30 bits per heavy atom. The number of likely N-dealkylation sites (N-methyl/N-ethyl adjacent to an activating group) is 1. The van der Waals surface area contributed by atoms with Crippen LogP contribution in [-0.4, -0.2) is 58.9 Å². The van der Waals surface area contributed by atoms with E-state index in [1.807, 2.05) is 23.1 Å². The van der Waals surface area contributed by atoms with E-state index in [9.17, 15) is 4.79 Å². The molecule has 0 spiro atoms. The highest BCUT2D eigenvalue weighted by Gasteiger charge is 2.17. The predicted molar refractivity (Wildman–Crippen MR) is 78.5 cm³/mol. The molecule has 0 atom stereocenters. The number of H-pyrrole nitrogens is 1. The summed E-state index contributed by atoms with van der Waals surface area (Å²) < 4.78 is 0. The molecular weight excluding hydrogens is 252 g/mol. The van der Waals surface area contributed by atoms with Crippen molar-refractivity contribution in [3.63, 3.8) is 0 Å². The molecule has 5 nitrogen and oxygen atoms in total. The van der Waals surface area contributed by atoms with Gasteiger partial charge < -0.3 is 14.8 Å². The summed E-state index contributed by atoms with van der Waals surface area (Å²) in [5, 5.41) is 0. The van der Waals surface area contributed by atoms with Crippen LogP contribution in [0.15, 0.2) is 24.5 Å². The predicted octanol–water partition coefficient (Wildman–Crippen LogP) is 1.27. The third kappa shape index (κ3) is 2.82. The van der Waals surface area contributed by atoms with Gasteiger partial charge in [0.1, 0.15) is 0 Å². The van der Waals surface area contributed by atoms with Crippen molar-refractivity contribution in [2.75, 3.05) is 33.2 Å². The van der Waals surface area contributed by atoms with E-state index < -0.39 is 0 Å². The lowest BCUT2D eigenvalue weighted by Gasteiger charge is -2.20. The average Bonchev–Trinajstić information content (AvgIpc) is 2.79. The first kappa shape index (κ1) is 13.1. The number of hydrogen-bond acceptors (Lipinski definition) is 3. The molecule has 3 rings (SSSR count). The topological polar surface area (TPSA) is 52.2 Å². The Bertz CT molecular complexity index is 607. The first-order valence-corrected chi connectivity index (χ1v) is 7.11. The fourth-order valence-corrected chi connectivity index (χ4v) is 2.68. The Labute approximate surface area is 118 Å². The Kier molecular flexibility index (Phi) is 3.69. The minimum Gasteiger partial charge on any atom is -0.345 e. The highest BCUT2D eigenvalue weighted by atomic mass is 16.2. The fraction of sp³-hybridized carbons (Fsp3) is 0.467. The molecule has 1 saturated heterocycles. The lowest BCUT2D eigenvalue weighted by molar-refractivity contribution is -0.130. The number of fused-ring (bicyclic) bond motifs is 1. The molecule has 5 heteroatoms. The Morgan fingerprint density at radius 2 is 2.20 bits per heavy atom. The van der Waals surface area contributed by atoms with Crippen molar-refractivity contribution in [1.29, 1.82) is 0 Å². The summed E-state index contributed by atoms with van der Waals surface area (Å²) in [5.41, 5.74) is 2.98. The number of imidazole rings is 1. The van der Waals surface area contributed by atoms with Crippen molar-refractivity contribution >= 4 is 16.9 Å². The molecule has 1 aliphatic heterocycles. The standard InChI is InChI=1S/C15H20N4O/c1-18-5-2-6-19(8-7-18)15(20)10-12-3-4-13-14(9-12)17-11-16-13/h3-4,9,11H,2,5-8,10H2,1H3,(H,16,17). The van der Waals surface area contributed by atoms with Gasteiger partial charge in [-0.2, -0.15) is 0 Å². The van der Waals surface area contributed by atoms with Crippen molar-refractivity contribution < 1.29 is 4.79 Å². The number of hydrogen-bond donors (Lipinski definition) is 1. The quantitative estimate of drug-likeness (QED) is 0.895. The van der Waals surface area contributed by atoms with E-state index >= 15 is 0 Å². The zero-order chi connectivity index (χ0) is 13.9. The Balaban J connectivity index is 1.68. The average molecular weight is 272 g/mol. The van der Waals surface area contributed by atoms with Crippen LogP contribution in [0.4, 0.5) is 0 Å². The second-order valence-corrected chi connectivity index (χ2v) is 5.47. The molecule has 1 fully saturated rings. The van der Waals surface area contributed by atoms with Crippen molar-refractivity contribution in [3.8, 4) is 0 Å². The lowest BCUT2D eigenvalue weighted by Crippen LogP contribution is -2.35. The van der Waals surface area contributed by atoms with Crippen LogP contribution >= 0.6 is 0 Å². The highest BCUT2D eigenvalue weighted by molar-refractivity contribution is 5.81. The molecule has 106 valence electrons. The van der Waals surface area contributed by atoms with E-state index in [0.29, 0.717) is 6.42 Å². The van der Waals surface area contributed by atoms with Gasteiger partial charge in [0.25, 0.3) is 0 Å². The molecule has 0 bridgehead atoms. The number of nitrogens with one attached hydrogen (secondary N) is 1. The highest BCUT2D eigenvalue weighted by Crippen LogP contribution is 2.13. The van der Waals surface area contributed by atoms with Gasteiger partial charge in [-0.05, 0) is 37.7 Å². The summed E-state index contributed by atoms with van der Waals surface area (Å²) in [7, 11) is 2.11. The van der Waals surface area contributed by atoms with Crippen LogP contribution in [0.5, 0.6) is 0 Å². The zero-order valence-corrected chi connectivity index (χ0v) is 11.8. The summed E-state index contributed by atoms with van der Waals surface area (Å²) >= 11 is 0. The maximum Gasteiger partial charge on any atom is 0.227 e. The van der Waals surface area contributed by atoms with Crippen LogP contribution < -0.4 is 0 Å². The first-order valence-electron chi connectivity index (χ1n) is 7.11. The normalized spacial score (nSPS) is 17.4. The number of amides is 1. The van der Waals surface area contributed by atoms with Crippen LogP contribution in [0.3, 0.4) is 0 Å². The van der Waals surface area contributed by atoms with E-state index in [0.717, 1.165) is 49.2 Å². The van der Waals surface area contributed by atoms with Gasteiger partial charge in [0, 0.05) is 19.6 Å². The molecule has 1 aromatic heterocycles. The molecule has 1 aromatic carbocycles. The number of benzene rings is 1. The molecular formula is C15H20N4O. The number of aromatic amines is 1. The minimum absolute atomic E-state index is 0.221. The summed E-state index contributed by atoms with van der Waals surface area (Å²) in [6.07, 6.45) is 3.21. The second kappa shape index (κ2) is 5.63. The Hall–Kier alpha value is -1.88. The van der Waals surface area contributed by atoms with E-state index in [-0.39, 0.29) is 5.91 Å². The fourth-order valence-electron chi connectivity index (χ4n) is 2.68. The number of rotatable bonds is 2. The van der Waals surface area contributed by atoms with Gasteiger partial charge >= 0.3 is 0 Å². The minimum atomic E-state index is 0.221. The van der Waals surface area contributed by atoms with Gasteiger partial charge in [0.15, 0.2) is 0 Å². The molecule has 2 heterocycles. The van der Waals surface area contributed by atoms with Crippen LogP contribution in [-0.2, 0) is 11.2 Å². The molecule has 1 N–H and O–H groups in total. The third-order valence-corrected chi connectivity index (χ3v) is 3.91. The van der Waals surface area contributed by atoms with Gasteiger partial charge in [-0.15, -0.1) is 0 Å². The maximum absolute atomic E-state index is 12.4. The second-order valence-electron chi connectivity index (χ2n) is 5.47. The molecule has 1 aliphatic rings. The number of nitrogens with zero attached hydrogens (tertiary/aromatic N) is 3. The lowest BCUT2D eigenvalue weighted by atomic mass is 10.1. The van der Waals surface area contributed by atoms with Crippen LogP contribution in [0, 0.1) is 0 Å². The molecule has 2 aromatic rings. The van der Waals surface area contributed by atoms with Crippen molar-refractivity contribution in [1.82, 2.24) is 19.8 Å². The summed E-state index contributed by atoms with van der Waals surface area (Å²) in [6, 6.07) is 5.97. The number of carbonyl (C=O) groups is 1. The van der Waals surface area contributed by atoms with Crippen molar-refractivity contribution in [2.45, 2.75) is 12.8 Å². The molecule has 20 heavy (non-hydrogen) atoms. The largest absolute Gasteiger partial charge is 0.345 e. The molecule has 0 radical (unpaired) electrons. The molecule has 1 amide bonds. The van der Waals surface area contributed by atoms with Crippen LogP contribution in [0.2, 0.25) is 0 Å². The van der Waals surface area contributed by atoms with Crippen molar-refractivity contribution in [3.05, 3.63) is 30.1 Å². The van der Waals surface area contributed by atoms with E-state index in [4.69, 9.17) is 0 Å². The van der Waals surface area contributed by atoms with Gasteiger partial charge in [0.2, 0.25) is 5.91 Å².